The summed E-state index contributed by atoms with van der Waals surface area (Å²) < 4.78 is 47.4. The summed E-state index contributed by atoms with van der Waals surface area (Å²) in [6.45, 7) is 0. The van der Waals surface area contributed by atoms with Gasteiger partial charge in [-0.05, 0) is 24.3 Å². The third-order valence-corrected chi connectivity index (χ3v) is 4.66. The van der Waals surface area contributed by atoms with Gasteiger partial charge in [-0.2, -0.15) is 0 Å². The van der Waals surface area contributed by atoms with Crippen LogP contribution in [-0.4, -0.2) is 41.6 Å². The second-order valence-electron chi connectivity index (χ2n) is 3.88. The lowest BCUT2D eigenvalue weighted by atomic mass is 10.3. The van der Waals surface area contributed by atoms with Crippen molar-refractivity contribution in [3.63, 3.8) is 0 Å². The molecule has 1 aromatic rings. The summed E-state index contributed by atoms with van der Waals surface area (Å²) >= 11 is 0. The van der Waals surface area contributed by atoms with E-state index in [2.05, 4.69) is 10.0 Å². The van der Waals surface area contributed by atoms with E-state index < -0.39 is 31.4 Å². The SMILES string of the molecule is CNc1ccc(NS(=O)(=O)CCS(C)(=O)=O)cc1. The molecule has 0 aromatic heterocycles. The lowest BCUT2D eigenvalue weighted by Crippen LogP contribution is -2.22. The molecule has 0 aliphatic rings. The monoisotopic (exact) mass is 292 g/mol. The number of sulfone groups is 1. The molecule has 0 bridgehead atoms. The highest BCUT2D eigenvalue weighted by molar-refractivity contribution is 7.95. The van der Waals surface area contributed by atoms with Crippen LogP contribution in [-0.2, 0) is 19.9 Å². The van der Waals surface area contributed by atoms with Gasteiger partial charge in [-0.1, -0.05) is 0 Å². The van der Waals surface area contributed by atoms with Gasteiger partial charge in [-0.15, -0.1) is 0 Å². The van der Waals surface area contributed by atoms with Gasteiger partial charge in [0.1, 0.15) is 9.84 Å². The highest BCUT2D eigenvalue weighted by Crippen LogP contribution is 2.14. The van der Waals surface area contributed by atoms with E-state index in [0.717, 1.165) is 11.9 Å². The Morgan fingerprint density at radius 2 is 1.44 bits per heavy atom. The van der Waals surface area contributed by atoms with Crippen molar-refractivity contribution in [2.24, 2.45) is 0 Å². The molecule has 0 saturated heterocycles. The van der Waals surface area contributed by atoms with Gasteiger partial charge in [0, 0.05) is 24.7 Å². The molecule has 102 valence electrons. The highest BCUT2D eigenvalue weighted by atomic mass is 32.2. The fraction of sp³-hybridized carbons (Fsp3) is 0.400. The van der Waals surface area contributed by atoms with Crippen LogP contribution in [0.15, 0.2) is 24.3 Å². The van der Waals surface area contributed by atoms with E-state index in [9.17, 15) is 16.8 Å². The lowest BCUT2D eigenvalue weighted by Gasteiger charge is -2.08. The summed E-state index contributed by atoms with van der Waals surface area (Å²) in [7, 11) is -5.17. The van der Waals surface area contributed by atoms with Gasteiger partial charge in [0.2, 0.25) is 10.0 Å². The molecule has 0 saturated carbocycles. The van der Waals surface area contributed by atoms with Gasteiger partial charge in [0.25, 0.3) is 0 Å². The normalized spacial score (nSPS) is 12.1. The molecule has 0 fully saturated rings. The zero-order chi connectivity index (χ0) is 13.8. The van der Waals surface area contributed by atoms with E-state index in [1.165, 1.54) is 0 Å². The molecule has 0 aliphatic heterocycles. The molecular formula is C10H16N2O4S2. The van der Waals surface area contributed by atoms with E-state index in [0.29, 0.717) is 5.69 Å². The van der Waals surface area contributed by atoms with Crippen molar-refractivity contribution in [3.8, 4) is 0 Å². The number of sulfonamides is 1. The third kappa shape index (κ3) is 5.37. The molecular weight excluding hydrogens is 276 g/mol. The minimum Gasteiger partial charge on any atom is -0.388 e. The second kappa shape index (κ2) is 5.57. The topological polar surface area (TPSA) is 92.3 Å². The lowest BCUT2D eigenvalue weighted by molar-refractivity contribution is 0.593. The molecule has 0 amide bonds. The van der Waals surface area contributed by atoms with Crippen molar-refractivity contribution in [2.75, 3.05) is 34.8 Å². The van der Waals surface area contributed by atoms with Crippen LogP contribution >= 0.6 is 0 Å². The Kier molecular flexibility index (Phi) is 4.58. The van der Waals surface area contributed by atoms with Crippen LogP contribution in [0.25, 0.3) is 0 Å². The third-order valence-electron chi connectivity index (χ3n) is 2.17. The molecule has 0 heterocycles. The second-order valence-corrected chi connectivity index (χ2v) is 7.98. The first kappa shape index (κ1) is 14.8. The van der Waals surface area contributed by atoms with Crippen molar-refractivity contribution in [1.29, 1.82) is 0 Å². The average molecular weight is 292 g/mol. The van der Waals surface area contributed by atoms with Crippen molar-refractivity contribution >= 4 is 31.2 Å². The molecule has 2 N–H and O–H groups in total. The largest absolute Gasteiger partial charge is 0.388 e. The quantitative estimate of drug-likeness (QED) is 0.797. The highest BCUT2D eigenvalue weighted by Gasteiger charge is 2.14. The van der Waals surface area contributed by atoms with E-state index >= 15 is 0 Å². The average Bonchev–Trinajstić information content (AvgIpc) is 2.26. The van der Waals surface area contributed by atoms with Gasteiger partial charge in [0.15, 0.2) is 0 Å². The Bertz CT molecular complexity index is 591. The minimum atomic E-state index is -3.64. The Labute approximate surface area is 107 Å². The van der Waals surface area contributed by atoms with Crippen LogP contribution in [0.4, 0.5) is 11.4 Å². The number of rotatable bonds is 6. The Morgan fingerprint density at radius 3 is 1.89 bits per heavy atom. The molecule has 6 nitrogen and oxygen atoms in total. The molecule has 0 atom stereocenters. The molecule has 8 heteroatoms. The predicted molar refractivity (Wildman–Crippen MR) is 73.1 cm³/mol. The fourth-order valence-electron chi connectivity index (χ4n) is 1.20. The molecule has 0 unspecified atom stereocenters. The summed E-state index contributed by atoms with van der Waals surface area (Å²) in [5.41, 5.74) is 1.26. The number of hydrogen-bond donors (Lipinski definition) is 2. The molecule has 1 rings (SSSR count). The van der Waals surface area contributed by atoms with E-state index in [1.807, 2.05) is 0 Å². The van der Waals surface area contributed by atoms with Crippen molar-refractivity contribution < 1.29 is 16.8 Å². The summed E-state index contributed by atoms with van der Waals surface area (Å²) in [5.74, 6) is -0.837. The molecule has 0 spiro atoms. The van der Waals surface area contributed by atoms with Gasteiger partial charge in [0.05, 0.1) is 11.5 Å². The number of hydrogen-bond acceptors (Lipinski definition) is 5. The summed E-state index contributed by atoms with van der Waals surface area (Å²) in [6.07, 6.45) is 1.00. The van der Waals surface area contributed by atoms with Crippen molar-refractivity contribution in [3.05, 3.63) is 24.3 Å². The van der Waals surface area contributed by atoms with Crippen LogP contribution in [0.5, 0.6) is 0 Å². The van der Waals surface area contributed by atoms with Gasteiger partial charge < -0.3 is 5.32 Å². The first-order chi connectivity index (χ1) is 8.22. The minimum absolute atomic E-state index is 0.392. The summed E-state index contributed by atoms with van der Waals surface area (Å²) in [6, 6.07) is 6.64. The Morgan fingerprint density at radius 1 is 0.944 bits per heavy atom. The van der Waals surface area contributed by atoms with Gasteiger partial charge in [-0.3, -0.25) is 4.72 Å². The van der Waals surface area contributed by atoms with Crippen LogP contribution in [0.3, 0.4) is 0 Å². The molecule has 0 aliphatic carbocycles. The zero-order valence-electron chi connectivity index (χ0n) is 10.2. The summed E-state index contributed by atoms with van der Waals surface area (Å²) in [4.78, 5) is 0. The zero-order valence-corrected chi connectivity index (χ0v) is 11.8. The van der Waals surface area contributed by atoms with E-state index in [1.54, 1.807) is 31.3 Å². The van der Waals surface area contributed by atoms with Crippen LogP contribution < -0.4 is 10.0 Å². The smallest absolute Gasteiger partial charge is 0.233 e. The first-order valence-corrected chi connectivity index (χ1v) is 8.89. The molecule has 0 radical (unpaired) electrons. The van der Waals surface area contributed by atoms with Crippen LogP contribution in [0, 0.1) is 0 Å². The first-order valence-electron chi connectivity index (χ1n) is 5.18. The standard InChI is InChI=1S/C10H16N2O4S2/c1-11-9-3-5-10(6-4-9)12-18(15,16)8-7-17(2,13)14/h3-6,11-12H,7-8H2,1-2H3. The van der Waals surface area contributed by atoms with E-state index in [-0.39, 0.29) is 0 Å². The number of nitrogens with one attached hydrogen (secondary N) is 2. The maximum absolute atomic E-state index is 11.6. The maximum atomic E-state index is 11.6. The predicted octanol–water partition coefficient (Wildman–Crippen LogP) is 0.515. The van der Waals surface area contributed by atoms with Crippen LogP contribution in [0.2, 0.25) is 0 Å². The number of benzene rings is 1. The number of anilines is 2. The fourth-order valence-corrected chi connectivity index (χ4v) is 3.88. The van der Waals surface area contributed by atoms with Gasteiger partial charge in [-0.25, -0.2) is 16.8 Å². The Balaban J connectivity index is 2.70. The Hall–Kier alpha value is -1.28. The van der Waals surface area contributed by atoms with Crippen molar-refractivity contribution in [2.45, 2.75) is 0 Å². The molecule has 1 aromatic carbocycles. The van der Waals surface area contributed by atoms with Crippen LogP contribution in [0.1, 0.15) is 0 Å². The van der Waals surface area contributed by atoms with Crippen molar-refractivity contribution in [1.82, 2.24) is 0 Å². The van der Waals surface area contributed by atoms with E-state index in [4.69, 9.17) is 0 Å². The summed E-state index contributed by atoms with van der Waals surface area (Å²) in [5, 5.41) is 2.91. The molecule has 18 heavy (non-hydrogen) atoms. The van der Waals surface area contributed by atoms with Gasteiger partial charge >= 0.3 is 0 Å². The maximum Gasteiger partial charge on any atom is 0.233 e.